The molecule has 0 aliphatic carbocycles. The van der Waals surface area contributed by atoms with Crippen molar-refractivity contribution in [2.45, 2.75) is 27.1 Å². The number of rotatable bonds is 1. The zero-order valence-electron chi connectivity index (χ0n) is 9.66. The van der Waals surface area contributed by atoms with Gasteiger partial charge in [0.25, 0.3) is 0 Å². The first-order valence-corrected chi connectivity index (χ1v) is 9.84. The van der Waals surface area contributed by atoms with Gasteiger partial charge in [0.1, 0.15) is 7.14 Å². The topological polar surface area (TPSA) is 17.1 Å². The molecule has 17 heavy (non-hydrogen) atoms. The lowest BCUT2D eigenvalue weighted by atomic mass is 10.0. The van der Waals surface area contributed by atoms with E-state index in [2.05, 4.69) is 61.6 Å². The van der Waals surface area contributed by atoms with Gasteiger partial charge >= 0.3 is 0 Å². The van der Waals surface area contributed by atoms with Crippen LogP contribution in [-0.2, 0) is 4.57 Å². The maximum absolute atomic E-state index is 13.3. The zero-order valence-corrected chi connectivity index (χ0v) is 15.3. The molecule has 0 radical (unpaired) electrons. The molecule has 2 rings (SSSR count). The van der Waals surface area contributed by atoms with E-state index in [1.54, 1.807) is 0 Å². The highest BCUT2D eigenvalue weighted by atomic mass is 79.9. The Balaban J connectivity index is 2.53. The third-order valence-corrected chi connectivity index (χ3v) is 14.4. The number of halogens is 3. The maximum Gasteiger partial charge on any atom is 0.131 e. The van der Waals surface area contributed by atoms with Crippen molar-refractivity contribution in [1.29, 1.82) is 0 Å². The van der Waals surface area contributed by atoms with Crippen LogP contribution in [0.25, 0.3) is 0 Å². The standard InChI is InChI=1S/C12H14Br3OP/c1-11(14)8-17(16,10(13)12(11,2)15)9-6-4-3-5-7-9/h3-7,10H,8H2,1-2H3. The molecular formula is C12H14Br3OP. The summed E-state index contributed by atoms with van der Waals surface area (Å²) >= 11 is 11.1. The third kappa shape index (κ3) is 2.13. The van der Waals surface area contributed by atoms with Gasteiger partial charge in [-0.05, 0) is 13.8 Å². The van der Waals surface area contributed by atoms with Gasteiger partial charge in [-0.2, -0.15) is 0 Å². The molecule has 4 unspecified atom stereocenters. The maximum atomic E-state index is 13.3. The lowest BCUT2D eigenvalue weighted by molar-refractivity contribution is 0.583. The summed E-state index contributed by atoms with van der Waals surface area (Å²) in [5.41, 5.74) is 0. The van der Waals surface area contributed by atoms with Crippen LogP contribution in [0.2, 0.25) is 0 Å². The van der Waals surface area contributed by atoms with Gasteiger partial charge in [-0.3, -0.25) is 0 Å². The molecule has 5 heteroatoms. The van der Waals surface area contributed by atoms with Gasteiger partial charge in [-0.25, -0.2) is 0 Å². The number of benzene rings is 1. The van der Waals surface area contributed by atoms with Crippen LogP contribution < -0.4 is 5.30 Å². The summed E-state index contributed by atoms with van der Waals surface area (Å²) in [6.45, 7) is 4.18. The normalized spacial score (nSPS) is 46.1. The van der Waals surface area contributed by atoms with E-state index in [-0.39, 0.29) is 13.2 Å². The summed E-state index contributed by atoms with van der Waals surface area (Å²) in [6, 6.07) is 9.78. The van der Waals surface area contributed by atoms with Crippen molar-refractivity contribution in [1.82, 2.24) is 0 Å². The van der Waals surface area contributed by atoms with Gasteiger partial charge in [0.05, 0.1) is 8.89 Å². The molecular weight excluding hydrogens is 431 g/mol. The van der Waals surface area contributed by atoms with Gasteiger partial charge in [-0.1, -0.05) is 78.1 Å². The first kappa shape index (κ1) is 14.3. The molecule has 0 spiro atoms. The van der Waals surface area contributed by atoms with E-state index in [4.69, 9.17) is 0 Å². The van der Waals surface area contributed by atoms with Crippen LogP contribution in [0, 0.1) is 0 Å². The Morgan fingerprint density at radius 3 is 2.18 bits per heavy atom. The van der Waals surface area contributed by atoms with Crippen molar-refractivity contribution in [3.05, 3.63) is 30.3 Å². The van der Waals surface area contributed by atoms with Crippen molar-refractivity contribution >= 4 is 60.2 Å². The van der Waals surface area contributed by atoms with E-state index < -0.39 is 7.14 Å². The van der Waals surface area contributed by atoms with Crippen LogP contribution >= 0.6 is 54.9 Å². The van der Waals surface area contributed by atoms with Crippen LogP contribution in [-0.4, -0.2) is 19.4 Å². The number of hydrogen-bond acceptors (Lipinski definition) is 1. The molecule has 1 aromatic carbocycles. The van der Waals surface area contributed by atoms with Crippen molar-refractivity contribution in [2.24, 2.45) is 0 Å². The van der Waals surface area contributed by atoms with Gasteiger partial charge < -0.3 is 4.57 Å². The van der Waals surface area contributed by atoms with E-state index in [1.165, 1.54) is 0 Å². The lowest BCUT2D eigenvalue weighted by Gasteiger charge is -2.32. The zero-order chi connectivity index (χ0) is 12.9. The second-order valence-corrected chi connectivity index (χ2v) is 12.9. The molecule has 1 heterocycles. The molecule has 1 aliphatic rings. The Kier molecular flexibility index (Phi) is 3.76. The van der Waals surface area contributed by atoms with Crippen LogP contribution in [0.3, 0.4) is 0 Å². The Morgan fingerprint density at radius 2 is 1.76 bits per heavy atom. The summed E-state index contributed by atoms with van der Waals surface area (Å²) in [6.07, 6.45) is 0.654. The summed E-state index contributed by atoms with van der Waals surface area (Å²) in [5.74, 6) is 0. The number of hydrogen-bond donors (Lipinski definition) is 0. The third-order valence-electron chi connectivity index (χ3n) is 3.56. The molecule has 1 saturated heterocycles. The van der Waals surface area contributed by atoms with E-state index in [1.807, 2.05) is 30.3 Å². The highest BCUT2D eigenvalue weighted by Crippen LogP contribution is 2.70. The first-order valence-electron chi connectivity index (χ1n) is 5.38. The Labute approximate surface area is 128 Å². The van der Waals surface area contributed by atoms with Crippen LogP contribution in [0.5, 0.6) is 0 Å². The fraction of sp³-hybridized carbons (Fsp3) is 0.500. The average molecular weight is 445 g/mol. The van der Waals surface area contributed by atoms with E-state index in [0.717, 1.165) is 5.30 Å². The second kappa shape index (κ2) is 4.47. The molecule has 0 saturated carbocycles. The first-order chi connectivity index (χ1) is 7.72. The van der Waals surface area contributed by atoms with E-state index in [9.17, 15) is 4.57 Å². The molecule has 1 aliphatic heterocycles. The molecule has 94 valence electrons. The summed E-state index contributed by atoms with van der Waals surface area (Å²) in [7, 11) is -2.43. The molecule has 1 nitrogen and oxygen atoms in total. The monoisotopic (exact) mass is 442 g/mol. The minimum absolute atomic E-state index is 0.0609. The molecule has 0 amide bonds. The van der Waals surface area contributed by atoms with E-state index in [0.29, 0.717) is 6.16 Å². The SMILES string of the molecule is CC1(Br)CP(=O)(c2ccccc2)C(Br)C1(C)Br. The molecule has 0 N–H and O–H groups in total. The van der Waals surface area contributed by atoms with E-state index >= 15 is 0 Å². The highest BCUT2D eigenvalue weighted by molar-refractivity contribution is 9.15. The van der Waals surface area contributed by atoms with Crippen LogP contribution in [0.4, 0.5) is 0 Å². The fourth-order valence-corrected chi connectivity index (χ4v) is 10.6. The highest BCUT2D eigenvalue weighted by Gasteiger charge is 2.62. The second-order valence-electron chi connectivity index (χ2n) is 4.90. The summed E-state index contributed by atoms with van der Waals surface area (Å²) in [5, 5.41) is 0.954. The van der Waals surface area contributed by atoms with Gasteiger partial charge in [0, 0.05) is 15.8 Å². The largest absolute Gasteiger partial charge is 0.317 e. The summed E-state index contributed by atoms with van der Waals surface area (Å²) < 4.78 is 12.8. The molecule has 0 bridgehead atoms. The Bertz CT molecular complexity index is 470. The molecule has 1 aromatic rings. The molecule has 4 atom stereocenters. The minimum Gasteiger partial charge on any atom is -0.317 e. The predicted molar refractivity (Wildman–Crippen MR) is 85.9 cm³/mol. The van der Waals surface area contributed by atoms with Gasteiger partial charge in [-0.15, -0.1) is 0 Å². The van der Waals surface area contributed by atoms with Crippen LogP contribution in [0.1, 0.15) is 13.8 Å². The van der Waals surface area contributed by atoms with Crippen molar-refractivity contribution in [3.63, 3.8) is 0 Å². The smallest absolute Gasteiger partial charge is 0.131 e. The minimum atomic E-state index is -2.43. The number of alkyl halides is 3. The molecule has 1 fully saturated rings. The van der Waals surface area contributed by atoms with Crippen LogP contribution in [0.15, 0.2) is 30.3 Å². The van der Waals surface area contributed by atoms with Crippen molar-refractivity contribution < 1.29 is 4.57 Å². The fourth-order valence-electron chi connectivity index (χ4n) is 2.22. The Hall–Kier alpha value is 0.890. The lowest BCUT2D eigenvalue weighted by Crippen LogP contribution is -2.40. The summed E-state index contributed by atoms with van der Waals surface area (Å²) in [4.78, 5) is 0. The quantitative estimate of drug-likeness (QED) is 0.452. The van der Waals surface area contributed by atoms with Crippen molar-refractivity contribution in [3.8, 4) is 0 Å². The predicted octanol–water partition coefficient (Wildman–Crippen LogP) is 4.72. The van der Waals surface area contributed by atoms with Gasteiger partial charge in [0.15, 0.2) is 0 Å². The average Bonchev–Trinajstić information content (AvgIpc) is 2.39. The molecule has 0 aromatic heterocycles. The Morgan fingerprint density at radius 1 is 1.24 bits per heavy atom. The van der Waals surface area contributed by atoms with Crippen molar-refractivity contribution in [2.75, 3.05) is 6.16 Å². The van der Waals surface area contributed by atoms with Gasteiger partial charge in [0.2, 0.25) is 0 Å².